The first kappa shape index (κ1) is 18.8. The standard InChI is InChI=1S/C18H11ClF3NO4/c1-27-11-5-2-9(3-6-11)14-15(24)17(26)23(16(14)25)10-4-7-13(19)12(8-10)18(20,21)22/h2-8,24H,1H3. The summed E-state index contributed by atoms with van der Waals surface area (Å²) in [6.07, 6.45) is -4.77. The zero-order valence-corrected chi connectivity index (χ0v) is 14.4. The summed E-state index contributed by atoms with van der Waals surface area (Å²) in [5, 5.41) is 9.54. The molecule has 0 aromatic heterocycles. The van der Waals surface area contributed by atoms with Crippen LogP contribution in [0.25, 0.3) is 5.57 Å². The summed E-state index contributed by atoms with van der Waals surface area (Å²) in [5.74, 6) is -2.44. The summed E-state index contributed by atoms with van der Waals surface area (Å²) in [7, 11) is 1.44. The molecule has 0 saturated carbocycles. The number of imide groups is 1. The number of halogens is 4. The highest BCUT2D eigenvalue weighted by molar-refractivity contribution is 6.45. The number of carbonyl (C=O) groups is 2. The van der Waals surface area contributed by atoms with Gasteiger partial charge >= 0.3 is 12.1 Å². The van der Waals surface area contributed by atoms with Gasteiger partial charge in [-0.2, -0.15) is 13.2 Å². The average molecular weight is 398 g/mol. The number of ether oxygens (including phenoxy) is 1. The molecule has 0 unspecified atom stereocenters. The number of anilines is 1. The number of hydrogen-bond acceptors (Lipinski definition) is 4. The number of methoxy groups -OCH3 is 1. The number of rotatable bonds is 3. The van der Waals surface area contributed by atoms with Crippen LogP contribution in [0.3, 0.4) is 0 Å². The Balaban J connectivity index is 2.03. The Morgan fingerprint density at radius 1 is 1.04 bits per heavy atom. The quantitative estimate of drug-likeness (QED) is 0.788. The summed E-state index contributed by atoms with van der Waals surface area (Å²) in [6, 6.07) is 8.53. The molecule has 2 aromatic carbocycles. The third kappa shape index (κ3) is 3.23. The van der Waals surface area contributed by atoms with Crippen molar-refractivity contribution in [3.8, 4) is 5.75 Å². The van der Waals surface area contributed by atoms with Crippen molar-refractivity contribution in [2.24, 2.45) is 0 Å². The highest BCUT2D eigenvalue weighted by Crippen LogP contribution is 2.39. The fraction of sp³-hybridized carbons (Fsp3) is 0.111. The molecule has 3 rings (SSSR count). The second-order valence-electron chi connectivity index (χ2n) is 5.56. The van der Waals surface area contributed by atoms with E-state index in [2.05, 4.69) is 0 Å². The van der Waals surface area contributed by atoms with E-state index in [4.69, 9.17) is 16.3 Å². The molecular formula is C18H11ClF3NO4. The molecule has 0 fully saturated rings. The molecule has 5 nitrogen and oxygen atoms in total. The van der Waals surface area contributed by atoms with Crippen molar-refractivity contribution in [2.75, 3.05) is 12.0 Å². The van der Waals surface area contributed by atoms with Gasteiger partial charge in [0.05, 0.1) is 29.0 Å². The van der Waals surface area contributed by atoms with Gasteiger partial charge in [-0.25, -0.2) is 4.90 Å². The van der Waals surface area contributed by atoms with E-state index in [0.29, 0.717) is 16.7 Å². The van der Waals surface area contributed by atoms with Crippen LogP contribution in [-0.4, -0.2) is 24.0 Å². The predicted octanol–water partition coefficient (Wildman–Crippen LogP) is 4.21. The van der Waals surface area contributed by atoms with Gasteiger partial charge in [0, 0.05) is 0 Å². The van der Waals surface area contributed by atoms with Crippen LogP contribution in [0, 0.1) is 0 Å². The average Bonchev–Trinajstić information content (AvgIpc) is 2.84. The van der Waals surface area contributed by atoms with Crippen molar-refractivity contribution in [1.82, 2.24) is 0 Å². The fourth-order valence-corrected chi connectivity index (χ4v) is 2.86. The third-order valence-corrected chi connectivity index (χ3v) is 4.28. The summed E-state index contributed by atoms with van der Waals surface area (Å²) in [5.41, 5.74) is -1.64. The second-order valence-corrected chi connectivity index (χ2v) is 5.97. The SMILES string of the molecule is COc1ccc(C2=C(O)C(=O)N(c3ccc(Cl)c(C(F)(F)F)c3)C2=O)cc1. The van der Waals surface area contributed by atoms with Crippen molar-refractivity contribution in [1.29, 1.82) is 0 Å². The maximum Gasteiger partial charge on any atom is 0.417 e. The molecule has 0 saturated heterocycles. The van der Waals surface area contributed by atoms with Crippen molar-refractivity contribution in [3.63, 3.8) is 0 Å². The van der Waals surface area contributed by atoms with E-state index < -0.39 is 34.3 Å². The lowest BCUT2D eigenvalue weighted by molar-refractivity contribution is -0.137. The Hall–Kier alpha value is -3.00. The molecule has 0 bridgehead atoms. The van der Waals surface area contributed by atoms with Crippen molar-refractivity contribution < 1.29 is 32.6 Å². The minimum atomic E-state index is -4.77. The van der Waals surface area contributed by atoms with Gasteiger partial charge in [-0.05, 0) is 35.9 Å². The van der Waals surface area contributed by atoms with E-state index >= 15 is 0 Å². The van der Waals surface area contributed by atoms with Gasteiger partial charge in [-0.15, -0.1) is 0 Å². The lowest BCUT2D eigenvalue weighted by atomic mass is 10.1. The Morgan fingerprint density at radius 2 is 1.67 bits per heavy atom. The number of nitrogens with zero attached hydrogens (tertiary/aromatic N) is 1. The van der Waals surface area contributed by atoms with Crippen molar-refractivity contribution >= 4 is 34.7 Å². The first-order chi connectivity index (χ1) is 12.6. The van der Waals surface area contributed by atoms with Gasteiger partial charge in [0.2, 0.25) is 0 Å². The molecule has 2 amide bonds. The highest BCUT2D eigenvalue weighted by atomic mass is 35.5. The molecule has 1 aliphatic rings. The van der Waals surface area contributed by atoms with Crippen molar-refractivity contribution in [2.45, 2.75) is 6.18 Å². The van der Waals surface area contributed by atoms with Gasteiger partial charge in [0.25, 0.3) is 5.91 Å². The molecule has 0 aliphatic carbocycles. The van der Waals surface area contributed by atoms with Gasteiger partial charge in [-0.3, -0.25) is 9.59 Å². The maximum atomic E-state index is 13.1. The zero-order valence-electron chi connectivity index (χ0n) is 13.7. The van der Waals surface area contributed by atoms with Crippen LogP contribution in [0.15, 0.2) is 48.2 Å². The fourth-order valence-electron chi connectivity index (χ4n) is 2.64. The molecular weight excluding hydrogens is 387 g/mol. The number of hydrogen-bond donors (Lipinski definition) is 1. The monoisotopic (exact) mass is 397 g/mol. The van der Waals surface area contributed by atoms with E-state index in [1.807, 2.05) is 0 Å². The number of aliphatic hydroxyl groups is 1. The number of carbonyl (C=O) groups excluding carboxylic acids is 2. The van der Waals surface area contributed by atoms with Crippen LogP contribution in [0.5, 0.6) is 5.75 Å². The predicted molar refractivity (Wildman–Crippen MR) is 91.5 cm³/mol. The maximum absolute atomic E-state index is 13.1. The summed E-state index contributed by atoms with van der Waals surface area (Å²) >= 11 is 5.56. The van der Waals surface area contributed by atoms with Crippen LogP contribution in [0.1, 0.15) is 11.1 Å². The Bertz CT molecular complexity index is 968. The van der Waals surface area contributed by atoms with E-state index in [1.54, 1.807) is 0 Å². The van der Waals surface area contributed by atoms with Gasteiger partial charge in [0.15, 0.2) is 5.76 Å². The Kier molecular flexibility index (Phi) is 4.61. The first-order valence-electron chi connectivity index (χ1n) is 7.48. The molecule has 0 atom stereocenters. The van der Waals surface area contributed by atoms with Crippen LogP contribution in [0.4, 0.5) is 18.9 Å². The Labute approximate surface area is 156 Å². The molecule has 140 valence electrons. The molecule has 1 N–H and O–H groups in total. The minimum absolute atomic E-state index is 0.221. The summed E-state index contributed by atoms with van der Waals surface area (Å²) in [4.78, 5) is 25.5. The first-order valence-corrected chi connectivity index (χ1v) is 7.86. The third-order valence-electron chi connectivity index (χ3n) is 3.95. The van der Waals surface area contributed by atoms with Gasteiger partial charge in [0.1, 0.15) is 5.75 Å². The van der Waals surface area contributed by atoms with E-state index in [1.165, 1.54) is 31.4 Å². The minimum Gasteiger partial charge on any atom is -0.502 e. The number of aliphatic hydroxyl groups excluding tert-OH is 1. The van der Waals surface area contributed by atoms with E-state index in [9.17, 15) is 27.9 Å². The zero-order chi connectivity index (χ0) is 19.9. The number of alkyl halides is 3. The number of amides is 2. The smallest absolute Gasteiger partial charge is 0.417 e. The highest BCUT2D eigenvalue weighted by Gasteiger charge is 2.41. The molecule has 2 aromatic rings. The van der Waals surface area contributed by atoms with Crippen LogP contribution in [-0.2, 0) is 15.8 Å². The lowest BCUT2D eigenvalue weighted by Crippen LogP contribution is -2.31. The van der Waals surface area contributed by atoms with Crippen LogP contribution in [0.2, 0.25) is 5.02 Å². The molecule has 9 heteroatoms. The van der Waals surface area contributed by atoms with Crippen molar-refractivity contribution in [3.05, 3.63) is 64.4 Å². The number of benzene rings is 2. The van der Waals surface area contributed by atoms with E-state index in [0.717, 1.165) is 12.1 Å². The lowest BCUT2D eigenvalue weighted by Gasteiger charge is -2.17. The van der Waals surface area contributed by atoms with Crippen LogP contribution >= 0.6 is 11.6 Å². The molecule has 1 heterocycles. The van der Waals surface area contributed by atoms with E-state index in [-0.39, 0.29) is 16.8 Å². The largest absolute Gasteiger partial charge is 0.502 e. The van der Waals surface area contributed by atoms with Gasteiger partial charge in [-0.1, -0.05) is 23.7 Å². The topological polar surface area (TPSA) is 66.8 Å². The molecule has 1 aliphatic heterocycles. The molecule has 27 heavy (non-hydrogen) atoms. The summed E-state index contributed by atoms with van der Waals surface area (Å²) < 4.78 is 44.2. The normalized spacial score (nSPS) is 14.9. The molecule has 0 radical (unpaired) electrons. The second kappa shape index (κ2) is 6.62. The van der Waals surface area contributed by atoms with Crippen LogP contribution < -0.4 is 9.64 Å². The Morgan fingerprint density at radius 3 is 2.22 bits per heavy atom. The molecule has 0 spiro atoms. The van der Waals surface area contributed by atoms with Gasteiger partial charge < -0.3 is 9.84 Å². The summed E-state index contributed by atoms with van der Waals surface area (Å²) in [6.45, 7) is 0.